The Morgan fingerprint density at radius 1 is 0.375 bits per heavy atom. The molecule has 56 heavy (non-hydrogen) atoms. The fraction of sp³-hybridized carbons (Fsp3) is 0.660. The van der Waals surface area contributed by atoms with E-state index in [2.05, 4.69) is 51.2 Å². The minimum Gasteiger partial charge on any atom is -0.462 e. The Labute approximate surface area is 344 Å². The van der Waals surface area contributed by atoms with Gasteiger partial charge in [-0.15, -0.1) is 0 Å². The molecular formula is C50H82O6. The average molecular weight is 779 g/mol. The molecule has 6 nitrogen and oxygen atoms in total. The molecule has 0 amide bonds. The first-order valence-electron chi connectivity index (χ1n) is 22.7. The molecular weight excluding hydrogens is 697 g/mol. The molecule has 0 heterocycles. The molecule has 0 saturated carbocycles. The van der Waals surface area contributed by atoms with Gasteiger partial charge in [-0.25, -0.2) is 0 Å². The zero-order chi connectivity index (χ0) is 40.8. The van der Waals surface area contributed by atoms with Gasteiger partial charge in [0.05, 0.1) is 0 Å². The summed E-state index contributed by atoms with van der Waals surface area (Å²) in [5.74, 6) is -1.03. The van der Waals surface area contributed by atoms with Gasteiger partial charge >= 0.3 is 17.9 Å². The molecule has 0 rings (SSSR count). The van der Waals surface area contributed by atoms with Gasteiger partial charge in [0.25, 0.3) is 0 Å². The zero-order valence-corrected chi connectivity index (χ0v) is 36.1. The van der Waals surface area contributed by atoms with E-state index in [0.717, 1.165) is 64.2 Å². The van der Waals surface area contributed by atoms with E-state index in [-0.39, 0.29) is 31.6 Å². The number of carbonyl (C=O) groups excluding carboxylic acids is 3. The second kappa shape index (κ2) is 44.3. The minimum absolute atomic E-state index is 0.114. The summed E-state index contributed by atoms with van der Waals surface area (Å²) in [6, 6.07) is 0. The standard InChI is InChI=1S/C50H82O6/c1-4-7-10-13-16-19-21-23-24-25-27-28-31-34-37-40-43-49(52)55-46-47(45-54-48(51)42-39-36-33-30-18-15-12-9-6-3)56-50(53)44-41-38-35-32-29-26-22-20-17-14-11-8-5-2/h8,11,14,17,20,22,24-29,32,35,47H,4-7,9-10,12-13,15-16,18-19,21,23,30-31,33-34,36-46H2,1-3H3/b11-8-,17-14-,22-20-,25-24-,28-27-,29-26-,35-32-. The van der Waals surface area contributed by atoms with Gasteiger partial charge in [0.1, 0.15) is 13.2 Å². The van der Waals surface area contributed by atoms with Crippen LogP contribution in [-0.4, -0.2) is 37.2 Å². The molecule has 0 aliphatic rings. The van der Waals surface area contributed by atoms with Crippen molar-refractivity contribution in [2.24, 2.45) is 0 Å². The lowest BCUT2D eigenvalue weighted by molar-refractivity contribution is -0.167. The smallest absolute Gasteiger partial charge is 0.306 e. The van der Waals surface area contributed by atoms with Gasteiger partial charge in [-0.2, -0.15) is 0 Å². The molecule has 0 aliphatic heterocycles. The number of hydrogen-bond acceptors (Lipinski definition) is 6. The Hall–Kier alpha value is -3.41. The first kappa shape index (κ1) is 52.6. The maximum absolute atomic E-state index is 12.7. The number of esters is 3. The Morgan fingerprint density at radius 3 is 1.18 bits per heavy atom. The van der Waals surface area contributed by atoms with E-state index in [1.165, 1.54) is 83.5 Å². The Bertz CT molecular complexity index is 1120. The van der Waals surface area contributed by atoms with E-state index in [4.69, 9.17) is 14.2 Å². The molecule has 0 spiro atoms. The third-order valence-electron chi connectivity index (χ3n) is 9.29. The van der Waals surface area contributed by atoms with E-state index in [0.29, 0.717) is 19.3 Å². The molecule has 1 unspecified atom stereocenters. The summed E-state index contributed by atoms with van der Waals surface area (Å²) >= 11 is 0. The zero-order valence-electron chi connectivity index (χ0n) is 36.1. The lowest BCUT2D eigenvalue weighted by Crippen LogP contribution is -2.30. The predicted molar refractivity (Wildman–Crippen MR) is 237 cm³/mol. The summed E-state index contributed by atoms with van der Waals surface area (Å²) in [5, 5.41) is 0. The van der Waals surface area contributed by atoms with Crippen molar-refractivity contribution in [3.8, 4) is 0 Å². The quantitative estimate of drug-likeness (QED) is 0.0268. The molecule has 0 fully saturated rings. The minimum atomic E-state index is -0.820. The van der Waals surface area contributed by atoms with Crippen LogP contribution in [0.2, 0.25) is 0 Å². The molecule has 0 aromatic rings. The van der Waals surface area contributed by atoms with Crippen molar-refractivity contribution < 1.29 is 28.6 Å². The molecule has 0 saturated heterocycles. The fourth-order valence-electron chi connectivity index (χ4n) is 5.87. The molecule has 318 valence electrons. The summed E-state index contributed by atoms with van der Waals surface area (Å²) in [5.41, 5.74) is 0. The van der Waals surface area contributed by atoms with Gasteiger partial charge in [-0.05, 0) is 57.8 Å². The second-order valence-corrected chi connectivity index (χ2v) is 14.7. The van der Waals surface area contributed by atoms with Crippen molar-refractivity contribution in [1.29, 1.82) is 0 Å². The SMILES string of the molecule is CC\C=C/C=C\C=C/C=C\C=C/CCCC(=O)OC(COC(=O)CCCCC/C=C\C=C/CCCCCCCCC)COC(=O)CCCCCCCCCCC. The predicted octanol–water partition coefficient (Wildman–Crippen LogP) is 14.5. The average Bonchev–Trinajstić information content (AvgIpc) is 3.19. The third-order valence-corrected chi connectivity index (χ3v) is 9.29. The van der Waals surface area contributed by atoms with Crippen LogP contribution in [0.1, 0.15) is 194 Å². The van der Waals surface area contributed by atoms with Gasteiger partial charge in [0, 0.05) is 19.3 Å². The summed E-state index contributed by atoms with van der Waals surface area (Å²) < 4.78 is 16.6. The Kier molecular flexibility index (Phi) is 41.6. The normalized spacial score (nSPS) is 12.8. The molecule has 0 N–H and O–H groups in total. The molecule has 0 aromatic heterocycles. The first-order chi connectivity index (χ1) is 27.5. The van der Waals surface area contributed by atoms with Crippen molar-refractivity contribution in [2.45, 2.75) is 200 Å². The fourth-order valence-corrected chi connectivity index (χ4v) is 5.87. The first-order valence-corrected chi connectivity index (χ1v) is 22.7. The largest absolute Gasteiger partial charge is 0.462 e. The van der Waals surface area contributed by atoms with Crippen molar-refractivity contribution in [1.82, 2.24) is 0 Å². The van der Waals surface area contributed by atoms with Crippen molar-refractivity contribution >= 4 is 17.9 Å². The maximum atomic E-state index is 12.7. The monoisotopic (exact) mass is 779 g/mol. The Balaban J connectivity index is 4.52. The number of unbranched alkanes of at least 4 members (excludes halogenated alkanes) is 19. The van der Waals surface area contributed by atoms with Crippen molar-refractivity contribution in [3.05, 3.63) is 85.1 Å². The van der Waals surface area contributed by atoms with Crippen LogP contribution in [0.25, 0.3) is 0 Å². The molecule has 0 aromatic carbocycles. The second-order valence-electron chi connectivity index (χ2n) is 14.7. The number of rotatable bonds is 39. The van der Waals surface area contributed by atoms with Crippen LogP contribution >= 0.6 is 0 Å². The number of ether oxygens (including phenoxy) is 3. The number of hydrogen-bond donors (Lipinski definition) is 0. The van der Waals surface area contributed by atoms with Gasteiger partial charge in [0.2, 0.25) is 0 Å². The summed E-state index contributed by atoms with van der Waals surface area (Å²) in [6.45, 7) is 6.36. The topological polar surface area (TPSA) is 78.9 Å². The van der Waals surface area contributed by atoms with Crippen LogP contribution in [-0.2, 0) is 28.6 Å². The van der Waals surface area contributed by atoms with Crippen molar-refractivity contribution in [2.75, 3.05) is 13.2 Å². The lowest BCUT2D eigenvalue weighted by Gasteiger charge is -2.18. The van der Waals surface area contributed by atoms with E-state index in [9.17, 15) is 14.4 Å². The number of allylic oxidation sites excluding steroid dienone is 14. The molecule has 6 heteroatoms. The summed E-state index contributed by atoms with van der Waals surface area (Å²) in [6.07, 6.45) is 55.8. The third kappa shape index (κ3) is 41.7. The molecule has 1 atom stereocenters. The van der Waals surface area contributed by atoms with E-state index in [1.54, 1.807) is 0 Å². The van der Waals surface area contributed by atoms with Crippen LogP contribution < -0.4 is 0 Å². The summed E-state index contributed by atoms with van der Waals surface area (Å²) in [7, 11) is 0. The Morgan fingerprint density at radius 2 is 0.714 bits per heavy atom. The van der Waals surface area contributed by atoms with E-state index < -0.39 is 12.1 Å². The highest BCUT2D eigenvalue weighted by Crippen LogP contribution is 2.12. The van der Waals surface area contributed by atoms with E-state index in [1.807, 2.05) is 54.7 Å². The molecule has 0 aliphatic carbocycles. The highest BCUT2D eigenvalue weighted by Gasteiger charge is 2.19. The van der Waals surface area contributed by atoms with Crippen LogP contribution in [0, 0.1) is 0 Å². The van der Waals surface area contributed by atoms with E-state index >= 15 is 0 Å². The van der Waals surface area contributed by atoms with Crippen LogP contribution in [0.15, 0.2) is 85.1 Å². The highest BCUT2D eigenvalue weighted by atomic mass is 16.6. The van der Waals surface area contributed by atoms with Gasteiger partial charge in [0.15, 0.2) is 6.10 Å². The van der Waals surface area contributed by atoms with Gasteiger partial charge in [-0.1, -0.05) is 202 Å². The van der Waals surface area contributed by atoms with Gasteiger partial charge in [-0.3, -0.25) is 14.4 Å². The molecule has 0 radical (unpaired) electrons. The highest BCUT2D eigenvalue weighted by molar-refractivity contribution is 5.71. The molecule has 0 bridgehead atoms. The maximum Gasteiger partial charge on any atom is 0.306 e. The van der Waals surface area contributed by atoms with Crippen molar-refractivity contribution in [3.63, 3.8) is 0 Å². The van der Waals surface area contributed by atoms with Gasteiger partial charge < -0.3 is 14.2 Å². The van der Waals surface area contributed by atoms with Crippen LogP contribution in [0.4, 0.5) is 0 Å². The van der Waals surface area contributed by atoms with Crippen LogP contribution in [0.3, 0.4) is 0 Å². The lowest BCUT2D eigenvalue weighted by atomic mass is 10.1. The van der Waals surface area contributed by atoms with Crippen LogP contribution in [0.5, 0.6) is 0 Å². The summed E-state index contributed by atoms with van der Waals surface area (Å²) in [4.78, 5) is 37.6. The number of carbonyl (C=O) groups is 3.